The summed E-state index contributed by atoms with van der Waals surface area (Å²) in [6.45, 7) is -0.0415. The van der Waals surface area contributed by atoms with Gasteiger partial charge in [-0.15, -0.1) is 0 Å². The van der Waals surface area contributed by atoms with Crippen molar-refractivity contribution in [2.75, 3.05) is 7.05 Å². The first-order valence-corrected chi connectivity index (χ1v) is 13.4. The molecular formula is C33H28FN3O5. The van der Waals surface area contributed by atoms with E-state index in [9.17, 15) is 19.1 Å². The predicted molar refractivity (Wildman–Crippen MR) is 156 cm³/mol. The zero-order chi connectivity index (χ0) is 29.4. The normalized spacial score (nSPS) is 13.6. The quantitative estimate of drug-likeness (QED) is 0.177. The number of carbonyl (C=O) groups is 2. The van der Waals surface area contributed by atoms with Crippen LogP contribution in [0.3, 0.4) is 0 Å². The molecule has 0 atom stereocenters. The van der Waals surface area contributed by atoms with Gasteiger partial charge in [-0.1, -0.05) is 30.3 Å². The van der Waals surface area contributed by atoms with Crippen molar-refractivity contribution in [3.05, 3.63) is 113 Å². The second kappa shape index (κ2) is 10.8. The monoisotopic (exact) mass is 565 g/mol. The largest absolute Gasteiger partial charge is 0.507 e. The number of halogens is 1. The standard InChI is InChI=1S/C33H28FN3O5/c1-36-32(40)29-26-17-24(21(18-41-35)16-28(26)42-30(29)19-7-10-23(34)11-8-19)25-15-20(9-12-27(25)38)31(39)37-33(13-14-33)22-5-3-2-4-6-22/h2-12,15-17,38H,13-14,18,35H2,1H3,(H,36,40)(H,37,39). The Morgan fingerprint density at radius 1 is 0.976 bits per heavy atom. The third-order valence-electron chi connectivity index (χ3n) is 7.69. The fourth-order valence-corrected chi connectivity index (χ4v) is 5.35. The SMILES string of the molecule is CNC(=O)c1c(-c2ccc(F)cc2)oc2cc(CON)c(-c3cc(C(=O)NC4(c5ccccc5)CC4)ccc3O)cc12. The van der Waals surface area contributed by atoms with Gasteiger partial charge in [-0.25, -0.2) is 10.3 Å². The van der Waals surface area contributed by atoms with Crippen LogP contribution in [0.1, 0.15) is 44.7 Å². The number of furan rings is 1. The second-order valence-corrected chi connectivity index (χ2v) is 10.3. The minimum absolute atomic E-state index is 0.0415. The van der Waals surface area contributed by atoms with Gasteiger partial charge in [0.05, 0.1) is 17.7 Å². The summed E-state index contributed by atoms with van der Waals surface area (Å²) in [5.41, 5.74) is 3.53. The third-order valence-corrected chi connectivity index (χ3v) is 7.69. The maximum absolute atomic E-state index is 13.6. The highest BCUT2D eigenvalue weighted by Gasteiger charge is 2.45. The minimum Gasteiger partial charge on any atom is -0.507 e. The van der Waals surface area contributed by atoms with Crippen molar-refractivity contribution in [3.63, 3.8) is 0 Å². The molecule has 5 N–H and O–H groups in total. The second-order valence-electron chi connectivity index (χ2n) is 10.3. The minimum atomic E-state index is -0.420. The highest BCUT2D eigenvalue weighted by molar-refractivity contribution is 6.12. The maximum Gasteiger partial charge on any atom is 0.255 e. The van der Waals surface area contributed by atoms with Gasteiger partial charge in [-0.05, 0) is 84.1 Å². The Balaban J connectivity index is 1.46. The zero-order valence-electron chi connectivity index (χ0n) is 22.7. The number of hydrogen-bond acceptors (Lipinski definition) is 6. The Hall–Kier alpha value is -4.99. The van der Waals surface area contributed by atoms with E-state index in [0.29, 0.717) is 38.8 Å². The summed E-state index contributed by atoms with van der Waals surface area (Å²) in [6, 6.07) is 23.5. The molecule has 0 unspecified atom stereocenters. The van der Waals surface area contributed by atoms with Crippen molar-refractivity contribution in [3.8, 4) is 28.2 Å². The molecule has 1 saturated carbocycles. The molecule has 0 radical (unpaired) electrons. The topological polar surface area (TPSA) is 127 Å². The number of benzene rings is 4. The van der Waals surface area contributed by atoms with Crippen LogP contribution < -0.4 is 16.5 Å². The van der Waals surface area contributed by atoms with E-state index >= 15 is 0 Å². The van der Waals surface area contributed by atoms with Gasteiger partial charge in [0.15, 0.2) is 0 Å². The third kappa shape index (κ3) is 4.89. The molecule has 1 aromatic heterocycles. The summed E-state index contributed by atoms with van der Waals surface area (Å²) in [7, 11) is 1.50. The molecule has 1 fully saturated rings. The fourth-order valence-electron chi connectivity index (χ4n) is 5.35. The Morgan fingerprint density at radius 3 is 2.38 bits per heavy atom. The molecule has 0 aliphatic heterocycles. The van der Waals surface area contributed by atoms with Gasteiger partial charge in [0.25, 0.3) is 11.8 Å². The Morgan fingerprint density at radius 2 is 1.71 bits per heavy atom. The zero-order valence-corrected chi connectivity index (χ0v) is 22.7. The van der Waals surface area contributed by atoms with Crippen molar-refractivity contribution in [2.45, 2.75) is 25.0 Å². The van der Waals surface area contributed by atoms with Gasteiger partial charge in [0, 0.05) is 29.1 Å². The number of fused-ring (bicyclic) bond motifs is 1. The van der Waals surface area contributed by atoms with E-state index in [0.717, 1.165) is 18.4 Å². The number of rotatable bonds is 8. The van der Waals surface area contributed by atoms with Crippen molar-refractivity contribution in [2.24, 2.45) is 5.90 Å². The van der Waals surface area contributed by atoms with E-state index in [1.165, 1.54) is 37.4 Å². The number of aromatic hydroxyl groups is 1. The van der Waals surface area contributed by atoms with E-state index in [1.54, 1.807) is 24.3 Å². The van der Waals surface area contributed by atoms with Crippen LogP contribution in [0.25, 0.3) is 33.4 Å². The number of carbonyl (C=O) groups excluding carboxylic acids is 2. The van der Waals surface area contributed by atoms with Gasteiger partial charge in [0.1, 0.15) is 22.9 Å². The molecular weight excluding hydrogens is 537 g/mol. The molecule has 0 spiro atoms. The lowest BCUT2D eigenvalue weighted by molar-refractivity contribution is 0.0929. The van der Waals surface area contributed by atoms with Gasteiger partial charge < -0.3 is 20.2 Å². The number of phenols is 1. The van der Waals surface area contributed by atoms with Gasteiger partial charge >= 0.3 is 0 Å². The molecule has 2 amide bonds. The van der Waals surface area contributed by atoms with Gasteiger partial charge in [0.2, 0.25) is 0 Å². The lowest BCUT2D eigenvalue weighted by Crippen LogP contribution is -2.34. The van der Waals surface area contributed by atoms with Gasteiger partial charge in [-0.3, -0.25) is 14.4 Å². The van der Waals surface area contributed by atoms with Crippen LogP contribution >= 0.6 is 0 Å². The lowest BCUT2D eigenvalue weighted by Gasteiger charge is -2.19. The lowest BCUT2D eigenvalue weighted by atomic mass is 9.94. The molecule has 42 heavy (non-hydrogen) atoms. The Labute approximate surface area is 240 Å². The van der Waals surface area contributed by atoms with E-state index in [4.69, 9.17) is 15.2 Å². The van der Waals surface area contributed by atoms with Crippen molar-refractivity contribution in [1.82, 2.24) is 10.6 Å². The Kier molecular flexibility index (Phi) is 6.97. The van der Waals surface area contributed by atoms with Crippen LogP contribution in [0, 0.1) is 5.82 Å². The van der Waals surface area contributed by atoms with Crippen LogP contribution in [0.2, 0.25) is 0 Å². The predicted octanol–water partition coefficient (Wildman–Crippen LogP) is 5.78. The summed E-state index contributed by atoms with van der Waals surface area (Å²) in [5, 5.41) is 17.2. The summed E-state index contributed by atoms with van der Waals surface area (Å²) >= 11 is 0. The van der Waals surface area contributed by atoms with E-state index in [-0.39, 0.29) is 29.6 Å². The summed E-state index contributed by atoms with van der Waals surface area (Å²) < 4.78 is 19.7. The molecule has 4 aromatic carbocycles. The number of nitrogens with one attached hydrogen (secondary N) is 2. The molecule has 5 aromatic rings. The van der Waals surface area contributed by atoms with E-state index in [1.807, 2.05) is 30.3 Å². The van der Waals surface area contributed by atoms with E-state index < -0.39 is 17.3 Å². The molecule has 9 heteroatoms. The fraction of sp³-hybridized carbons (Fsp3) is 0.152. The molecule has 6 rings (SSSR count). The smallest absolute Gasteiger partial charge is 0.255 e. The molecule has 8 nitrogen and oxygen atoms in total. The first-order chi connectivity index (χ1) is 20.3. The summed E-state index contributed by atoms with van der Waals surface area (Å²) in [6.07, 6.45) is 1.67. The highest BCUT2D eigenvalue weighted by Crippen LogP contribution is 2.46. The molecule has 1 aliphatic rings. The number of hydrogen-bond donors (Lipinski definition) is 4. The highest BCUT2D eigenvalue weighted by atomic mass is 19.1. The van der Waals surface area contributed by atoms with Gasteiger partial charge in [-0.2, -0.15) is 0 Å². The van der Waals surface area contributed by atoms with Crippen molar-refractivity contribution in [1.29, 1.82) is 0 Å². The molecule has 0 saturated heterocycles. The molecule has 1 heterocycles. The van der Waals surface area contributed by atoms with Crippen molar-refractivity contribution < 1.29 is 28.3 Å². The van der Waals surface area contributed by atoms with Crippen LogP contribution in [0.4, 0.5) is 4.39 Å². The number of amides is 2. The first-order valence-electron chi connectivity index (χ1n) is 13.4. The molecule has 0 bridgehead atoms. The van der Waals surface area contributed by atoms with E-state index in [2.05, 4.69) is 10.6 Å². The number of phenolic OH excluding ortho intramolecular Hbond substituents is 1. The summed E-state index contributed by atoms with van der Waals surface area (Å²) in [4.78, 5) is 31.5. The number of nitrogens with two attached hydrogens (primary N) is 1. The average molecular weight is 566 g/mol. The average Bonchev–Trinajstić information content (AvgIpc) is 3.70. The summed E-state index contributed by atoms with van der Waals surface area (Å²) in [5.74, 6) is 4.54. The molecule has 212 valence electrons. The molecule has 1 aliphatic carbocycles. The van der Waals surface area contributed by atoms with Crippen molar-refractivity contribution >= 4 is 22.8 Å². The van der Waals surface area contributed by atoms with Crippen LogP contribution in [-0.2, 0) is 17.0 Å². The Bertz CT molecular complexity index is 1810. The van der Waals surface area contributed by atoms with Crippen LogP contribution in [0.5, 0.6) is 5.75 Å². The van der Waals surface area contributed by atoms with Crippen LogP contribution in [-0.4, -0.2) is 24.0 Å². The van der Waals surface area contributed by atoms with Crippen LogP contribution in [0.15, 0.2) is 89.3 Å². The first kappa shape index (κ1) is 27.2. The maximum atomic E-state index is 13.6.